The summed E-state index contributed by atoms with van der Waals surface area (Å²) in [5.41, 5.74) is 0. The second-order valence-electron chi connectivity index (χ2n) is 3.69. The second kappa shape index (κ2) is 5.15. The molecule has 1 aliphatic rings. The molecule has 1 fully saturated rings. The molecule has 1 heteroatoms. The molecule has 0 aromatic rings. The number of quaternary nitrogens is 1. The Kier molecular flexibility index (Phi) is 4.09. The summed E-state index contributed by atoms with van der Waals surface area (Å²) in [7, 11) is 0. The van der Waals surface area contributed by atoms with E-state index < -0.39 is 0 Å². The van der Waals surface area contributed by atoms with Crippen LogP contribution in [0.15, 0.2) is 25.3 Å². The fraction of sp³-hybridized carbons (Fsp3) is 0.636. The SMILES string of the molecule is C=CC[C@@H]1CCC[C@H](CC=C)[NH2+]1. The molecule has 0 spiro atoms. The Morgan fingerprint density at radius 1 is 1.08 bits per heavy atom. The molecule has 1 saturated heterocycles. The monoisotopic (exact) mass is 166 g/mol. The molecule has 0 unspecified atom stereocenters. The van der Waals surface area contributed by atoms with Crippen LogP contribution in [0.1, 0.15) is 32.1 Å². The van der Waals surface area contributed by atoms with Crippen LogP contribution in [0.25, 0.3) is 0 Å². The predicted molar refractivity (Wildman–Crippen MR) is 53.0 cm³/mol. The molecular formula is C11H20N+. The van der Waals surface area contributed by atoms with Gasteiger partial charge in [-0.15, -0.1) is 13.2 Å². The summed E-state index contributed by atoms with van der Waals surface area (Å²) in [4.78, 5) is 0. The minimum Gasteiger partial charge on any atom is -0.341 e. The fourth-order valence-electron chi connectivity index (χ4n) is 2.04. The highest BCUT2D eigenvalue weighted by molar-refractivity contribution is 4.78. The van der Waals surface area contributed by atoms with Gasteiger partial charge in [0.05, 0.1) is 12.1 Å². The molecule has 0 bridgehead atoms. The zero-order valence-electron chi connectivity index (χ0n) is 7.84. The third-order valence-corrected chi connectivity index (χ3v) is 2.63. The van der Waals surface area contributed by atoms with E-state index in [1.165, 1.54) is 19.3 Å². The first-order valence-corrected chi connectivity index (χ1v) is 4.93. The Bertz CT molecular complexity index is 135. The average molecular weight is 166 g/mol. The topological polar surface area (TPSA) is 16.6 Å². The van der Waals surface area contributed by atoms with Gasteiger partial charge in [0.25, 0.3) is 0 Å². The fourth-order valence-corrected chi connectivity index (χ4v) is 2.04. The van der Waals surface area contributed by atoms with Crippen molar-refractivity contribution in [3.8, 4) is 0 Å². The van der Waals surface area contributed by atoms with E-state index in [0.717, 1.165) is 24.9 Å². The lowest BCUT2D eigenvalue weighted by Crippen LogP contribution is -2.96. The van der Waals surface area contributed by atoms with Gasteiger partial charge in [-0.1, -0.05) is 12.2 Å². The Morgan fingerprint density at radius 3 is 2.00 bits per heavy atom. The second-order valence-corrected chi connectivity index (χ2v) is 3.69. The lowest BCUT2D eigenvalue weighted by Gasteiger charge is -2.26. The zero-order chi connectivity index (χ0) is 8.81. The minimum absolute atomic E-state index is 0.793. The molecular weight excluding hydrogens is 146 g/mol. The lowest BCUT2D eigenvalue weighted by molar-refractivity contribution is -0.728. The number of nitrogens with two attached hydrogens (primary N) is 1. The number of hydrogen-bond acceptors (Lipinski definition) is 0. The molecule has 1 nitrogen and oxygen atoms in total. The molecule has 0 radical (unpaired) electrons. The van der Waals surface area contributed by atoms with Gasteiger partial charge in [0.1, 0.15) is 0 Å². The van der Waals surface area contributed by atoms with E-state index in [-0.39, 0.29) is 0 Å². The molecule has 0 amide bonds. The van der Waals surface area contributed by atoms with Gasteiger partial charge in [-0.2, -0.15) is 0 Å². The highest BCUT2D eigenvalue weighted by Crippen LogP contribution is 2.10. The number of rotatable bonds is 4. The van der Waals surface area contributed by atoms with Crippen LogP contribution in [-0.4, -0.2) is 12.1 Å². The summed E-state index contributed by atoms with van der Waals surface area (Å²) in [6, 6.07) is 1.59. The molecule has 0 aromatic carbocycles. The van der Waals surface area contributed by atoms with Gasteiger partial charge >= 0.3 is 0 Å². The van der Waals surface area contributed by atoms with Crippen molar-refractivity contribution in [3.63, 3.8) is 0 Å². The van der Waals surface area contributed by atoms with Crippen LogP contribution in [0.3, 0.4) is 0 Å². The van der Waals surface area contributed by atoms with E-state index in [1.807, 2.05) is 12.2 Å². The first-order valence-electron chi connectivity index (χ1n) is 4.93. The van der Waals surface area contributed by atoms with Gasteiger partial charge in [0.15, 0.2) is 0 Å². The van der Waals surface area contributed by atoms with Gasteiger partial charge in [0.2, 0.25) is 0 Å². The van der Waals surface area contributed by atoms with Crippen LogP contribution in [0.4, 0.5) is 0 Å². The van der Waals surface area contributed by atoms with Crippen molar-refractivity contribution in [2.45, 2.75) is 44.2 Å². The number of piperidine rings is 1. The molecule has 1 aliphatic heterocycles. The normalized spacial score (nSPS) is 29.7. The van der Waals surface area contributed by atoms with Crippen molar-refractivity contribution >= 4 is 0 Å². The highest BCUT2D eigenvalue weighted by atomic mass is 15.0. The molecule has 0 aliphatic carbocycles. The van der Waals surface area contributed by atoms with Crippen LogP contribution < -0.4 is 5.32 Å². The van der Waals surface area contributed by atoms with Crippen LogP contribution in [0.5, 0.6) is 0 Å². The zero-order valence-corrected chi connectivity index (χ0v) is 7.84. The van der Waals surface area contributed by atoms with E-state index in [4.69, 9.17) is 0 Å². The third kappa shape index (κ3) is 2.82. The van der Waals surface area contributed by atoms with Crippen LogP contribution >= 0.6 is 0 Å². The summed E-state index contributed by atoms with van der Waals surface area (Å²) < 4.78 is 0. The predicted octanol–water partition coefficient (Wildman–Crippen LogP) is 1.62. The average Bonchev–Trinajstić information content (AvgIpc) is 2.06. The van der Waals surface area contributed by atoms with E-state index in [0.29, 0.717) is 0 Å². The maximum absolute atomic E-state index is 3.79. The molecule has 12 heavy (non-hydrogen) atoms. The summed E-state index contributed by atoms with van der Waals surface area (Å²) in [6.45, 7) is 7.57. The molecule has 2 N–H and O–H groups in total. The first kappa shape index (κ1) is 9.53. The van der Waals surface area contributed by atoms with E-state index in [1.54, 1.807) is 0 Å². The number of hydrogen-bond donors (Lipinski definition) is 1. The molecule has 2 atom stereocenters. The van der Waals surface area contributed by atoms with Crippen molar-refractivity contribution in [2.24, 2.45) is 0 Å². The van der Waals surface area contributed by atoms with Crippen LogP contribution in [0, 0.1) is 0 Å². The third-order valence-electron chi connectivity index (χ3n) is 2.63. The molecule has 1 heterocycles. The Labute approximate surface area is 75.6 Å². The summed E-state index contributed by atoms with van der Waals surface area (Å²) in [5, 5.41) is 2.51. The minimum atomic E-state index is 0.793. The maximum atomic E-state index is 3.79. The van der Waals surface area contributed by atoms with Gasteiger partial charge < -0.3 is 5.32 Å². The lowest BCUT2D eigenvalue weighted by atomic mass is 9.95. The van der Waals surface area contributed by atoms with Crippen LogP contribution in [0.2, 0.25) is 0 Å². The molecule has 1 rings (SSSR count). The largest absolute Gasteiger partial charge is 0.341 e. The molecule has 68 valence electrons. The molecule has 0 saturated carbocycles. The molecule has 0 aromatic heterocycles. The van der Waals surface area contributed by atoms with Crippen LogP contribution in [-0.2, 0) is 0 Å². The van der Waals surface area contributed by atoms with Gasteiger partial charge in [0, 0.05) is 12.8 Å². The van der Waals surface area contributed by atoms with Crippen molar-refractivity contribution in [2.75, 3.05) is 0 Å². The van der Waals surface area contributed by atoms with Gasteiger partial charge in [-0.25, -0.2) is 0 Å². The van der Waals surface area contributed by atoms with E-state index in [9.17, 15) is 0 Å². The Balaban J connectivity index is 2.29. The highest BCUT2D eigenvalue weighted by Gasteiger charge is 2.22. The van der Waals surface area contributed by atoms with E-state index in [2.05, 4.69) is 18.5 Å². The summed E-state index contributed by atoms with van der Waals surface area (Å²) in [5.74, 6) is 0. The Hall–Kier alpha value is -0.560. The standard InChI is InChI=1S/C11H19N/c1-3-6-10-8-5-9-11(12-10)7-4-2/h3-4,10-12H,1-2,5-9H2/p+1/t10-,11+. The van der Waals surface area contributed by atoms with E-state index >= 15 is 0 Å². The van der Waals surface area contributed by atoms with Crippen molar-refractivity contribution < 1.29 is 5.32 Å². The smallest absolute Gasteiger partial charge is 0.0896 e. The Morgan fingerprint density at radius 2 is 1.58 bits per heavy atom. The van der Waals surface area contributed by atoms with Crippen molar-refractivity contribution in [1.29, 1.82) is 0 Å². The maximum Gasteiger partial charge on any atom is 0.0896 e. The van der Waals surface area contributed by atoms with Crippen molar-refractivity contribution in [3.05, 3.63) is 25.3 Å². The summed E-state index contributed by atoms with van der Waals surface area (Å²) in [6.07, 6.45) is 10.5. The summed E-state index contributed by atoms with van der Waals surface area (Å²) >= 11 is 0. The van der Waals surface area contributed by atoms with Crippen molar-refractivity contribution in [1.82, 2.24) is 0 Å². The van der Waals surface area contributed by atoms with Gasteiger partial charge in [-0.3, -0.25) is 0 Å². The quantitative estimate of drug-likeness (QED) is 0.611. The first-order chi connectivity index (χ1) is 5.86. The van der Waals surface area contributed by atoms with Gasteiger partial charge in [-0.05, 0) is 19.3 Å².